The van der Waals surface area contributed by atoms with E-state index in [1.807, 2.05) is 29.9 Å². The average molecular weight is 439 g/mol. The Morgan fingerprint density at radius 3 is 2.90 bits per heavy atom. The Morgan fingerprint density at radius 1 is 1.23 bits per heavy atom. The summed E-state index contributed by atoms with van der Waals surface area (Å²) in [6.07, 6.45) is 4.50. The molecule has 4 aromatic rings. The smallest absolute Gasteiger partial charge is 0.315 e. The van der Waals surface area contributed by atoms with Gasteiger partial charge in [-0.3, -0.25) is 0 Å². The number of aromatic nitrogens is 4. The molecule has 2 amide bonds. The zero-order valence-corrected chi connectivity index (χ0v) is 18.2. The molecule has 30 heavy (non-hydrogen) atoms. The van der Waals surface area contributed by atoms with Crippen LogP contribution in [0.5, 0.6) is 0 Å². The van der Waals surface area contributed by atoms with Crippen LogP contribution in [0.25, 0.3) is 32.2 Å². The Hall–Kier alpha value is -2.78. The molecule has 0 atom stereocenters. The number of imidazole rings is 1. The third kappa shape index (κ3) is 3.95. The maximum Gasteiger partial charge on any atom is 0.315 e. The number of urea groups is 1. The summed E-state index contributed by atoms with van der Waals surface area (Å²) in [5.41, 5.74) is 6.56. The Morgan fingerprint density at radius 2 is 2.10 bits per heavy atom. The second-order valence-electron chi connectivity index (χ2n) is 7.54. The van der Waals surface area contributed by atoms with Crippen LogP contribution in [-0.4, -0.2) is 32.0 Å². The standard InChI is InChI=1S/C21H22N6OS2/c1-12-10-29-20(24-12)19-18(13-6-7-15-16(8-13)30-11-23-15)26-17(27-19)9-22-21(28)25-14-4-2-3-5-14/h6-8,10-11,14H,2-5,9H2,1H3,(H,26,27)(H2,22,25,28). The summed E-state index contributed by atoms with van der Waals surface area (Å²) < 4.78 is 1.12. The third-order valence-corrected chi connectivity index (χ3v) is 7.06. The molecule has 1 aliphatic rings. The van der Waals surface area contributed by atoms with Gasteiger partial charge < -0.3 is 15.6 Å². The van der Waals surface area contributed by atoms with E-state index in [0.29, 0.717) is 12.4 Å². The van der Waals surface area contributed by atoms with Gasteiger partial charge in [-0.25, -0.2) is 19.7 Å². The van der Waals surface area contributed by atoms with Gasteiger partial charge in [0.05, 0.1) is 28.0 Å². The maximum atomic E-state index is 12.2. The van der Waals surface area contributed by atoms with Crippen molar-refractivity contribution in [3.8, 4) is 22.0 Å². The summed E-state index contributed by atoms with van der Waals surface area (Å²) in [6, 6.07) is 6.33. The van der Waals surface area contributed by atoms with E-state index in [0.717, 1.165) is 50.7 Å². The SMILES string of the molecule is Cc1csc(-c2nc(CNC(=O)NC3CCCC3)[nH]c2-c2ccc3ncsc3c2)n1. The predicted molar refractivity (Wildman–Crippen MR) is 121 cm³/mol. The van der Waals surface area contributed by atoms with E-state index in [-0.39, 0.29) is 12.1 Å². The van der Waals surface area contributed by atoms with Crippen LogP contribution in [0, 0.1) is 6.92 Å². The number of nitrogens with zero attached hydrogens (tertiary/aromatic N) is 3. The first-order valence-corrected chi connectivity index (χ1v) is 11.8. The molecule has 3 heterocycles. The normalized spacial score (nSPS) is 14.4. The van der Waals surface area contributed by atoms with Crippen molar-refractivity contribution in [3.05, 3.63) is 40.6 Å². The first-order chi connectivity index (χ1) is 14.7. The first kappa shape index (κ1) is 19.2. The van der Waals surface area contributed by atoms with Gasteiger partial charge in [-0.2, -0.15) is 0 Å². The van der Waals surface area contributed by atoms with Crippen molar-refractivity contribution in [2.75, 3.05) is 0 Å². The van der Waals surface area contributed by atoms with Crippen molar-refractivity contribution in [2.24, 2.45) is 0 Å². The number of hydrogen-bond donors (Lipinski definition) is 3. The Bertz CT molecular complexity index is 1190. The number of thiazole rings is 2. The van der Waals surface area contributed by atoms with Crippen LogP contribution in [-0.2, 0) is 6.54 Å². The highest BCUT2D eigenvalue weighted by atomic mass is 32.1. The highest BCUT2D eigenvalue weighted by molar-refractivity contribution is 7.16. The first-order valence-electron chi connectivity index (χ1n) is 10.0. The number of rotatable bonds is 5. The molecule has 0 aliphatic heterocycles. The van der Waals surface area contributed by atoms with Crippen LogP contribution in [0.2, 0.25) is 0 Å². The van der Waals surface area contributed by atoms with Gasteiger partial charge in [-0.05, 0) is 31.9 Å². The zero-order valence-electron chi connectivity index (χ0n) is 16.6. The summed E-state index contributed by atoms with van der Waals surface area (Å²) in [5, 5.41) is 8.86. The summed E-state index contributed by atoms with van der Waals surface area (Å²) in [6.45, 7) is 2.31. The van der Waals surface area contributed by atoms with E-state index in [1.165, 1.54) is 12.8 Å². The molecule has 0 spiro atoms. The molecule has 7 nitrogen and oxygen atoms in total. The van der Waals surface area contributed by atoms with Crippen LogP contribution in [0.15, 0.2) is 29.1 Å². The minimum absolute atomic E-state index is 0.141. The lowest BCUT2D eigenvalue weighted by molar-refractivity contribution is 0.236. The molecule has 9 heteroatoms. The molecule has 1 saturated carbocycles. The molecule has 154 valence electrons. The lowest BCUT2D eigenvalue weighted by atomic mass is 10.1. The monoisotopic (exact) mass is 438 g/mol. The maximum absolute atomic E-state index is 12.2. The van der Waals surface area contributed by atoms with E-state index in [2.05, 4.69) is 31.7 Å². The molecule has 1 aliphatic carbocycles. The highest BCUT2D eigenvalue weighted by Gasteiger charge is 2.19. The van der Waals surface area contributed by atoms with E-state index in [4.69, 9.17) is 4.98 Å². The second kappa shape index (κ2) is 8.16. The predicted octanol–water partition coefficient (Wildman–Crippen LogP) is 4.86. The fraction of sp³-hybridized carbons (Fsp3) is 0.333. The van der Waals surface area contributed by atoms with Crippen LogP contribution < -0.4 is 10.6 Å². The Kier molecular flexibility index (Phi) is 5.22. The van der Waals surface area contributed by atoms with Gasteiger partial charge in [-0.1, -0.05) is 18.9 Å². The molecule has 1 fully saturated rings. The number of carbonyl (C=O) groups excluding carboxylic acids is 1. The number of aromatic amines is 1. The molecular formula is C21H22N6OS2. The molecule has 3 aromatic heterocycles. The van der Waals surface area contributed by atoms with Gasteiger partial charge in [0.25, 0.3) is 0 Å². The fourth-order valence-electron chi connectivity index (χ4n) is 3.81. The van der Waals surface area contributed by atoms with Crippen LogP contribution >= 0.6 is 22.7 Å². The van der Waals surface area contributed by atoms with Crippen molar-refractivity contribution in [1.29, 1.82) is 0 Å². The van der Waals surface area contributed by atoms with Crippen LogP contribution in [0.1, 0.15) is 37.2 Å². The van der Waals surface area contributed by atoms with Crippen molar-refractivity contribution >= 4 is 38.9 Å². The lowest BCUT2D eigenvalue weighted by Crippen LogP contribution is -2.40. The number of aryl methyl sites for hydroxylation is 1. The molecule has 0 unspecified atom stereocenters. The number of fused-ring (bicyclic) bond motifs is 1. The minimum atomic E-state index is -0.141. The van der Waals surface area contributed by atoms with Crippen molar-refractivity contribution < 1.29 is 4.79 Å². The van der Waals surface area contributed by atoms with Gasteiger partial charge in [0.15, 0.2) is 0 Å². The number of benzene rings is 1. The molecular weight excluding hydrogens is 416 g/mol. The molecule has 0 saturated heterocycles. The molecule has 3 N–H and O–H groups in total. The third-order valence-electron chi connectivity index (χ3n) is 5.30. The van der Waals surface area contributed by atoms with Crippen molar-refractivity contribution in [3.63, 3.8) is 0 Å². The van der Waals surface area contributed by atoms with Crippen molar-refractivity contribution in [2.45, 2.75) is 45.2 Å². The molecule has 0 radical (unpaired) electrons. The summed E-state index contributed by atoms with van der Waals surface area (Å²) in [7, 11) is 0. The Labute approximate surface area is 182 Å². The number of nitrogens with one attached hydrogen (secondary N) is 3. The zero-order chi connectivity index (χ0) is 20.5. The lowest BCUT2D eigenvalue weighted by Gasteiger charge is -2.12. The number of amides is 2. The average Bonchev–Trinajstić information content (AvgIpc) is 3.52. The Balaban J connectivity index is 1.41. The van der Waals surface area contributed by atoms with Gasteiger partial charge >= 0.3 is 6.03 Å². The molecule has 1 aromatic carbocycles. The quantitative estimate of drug-likeness (QED) is 0.415. The van der Waals surface area contributed by atoms with Crippen LogP contribution in [0.3, 0.4) is 0 Å². The number of H-pyrrole nitrogens is 1. The van der Waals surface area contributed by atoms with Gasteiger partial charge in [-0.15, -0.1) is 22.7 Å². The van der Waals surface area contributed by atoms with Crippen LogP contribution in [0.4, 0.5) is 4.79 Å². The van der Waals surface area contributed by atoms with Gasteiger partial charge in [0.2, 0.25) is 0 Å². The van der Waals surface area contributed by atoms with Gasteiger partial charge in [0, 0.05) is 22.7 Å². The largest absolute Gasteiger partial charge is 0.340 e. The van der Waals surface area contributed by atoms with E-state index >= 15 is 0 Å². The van der Waals surface area contributed by atoms with E-state index in [1.54, 1.807) is 22.7 Å². The summed E-state index contributed by atoms with van der Waals surface area (Å²) in [5.74, 6) is 0.707. The van der Waals surface area contributed by atoms with E-state index in [9.17, 15) is 4.79 Å². The minimum Gasteiger partial charge on any atom is -0.340 e. The van der Waals surface area contributed by atoms with Crippen molar-refractivity contribution in [1.82, 2.24) is 30.6 Å². The summed E-state index contributed by atoms with van der Waals surface area (Å²) >= 11 is 3.19. The fourth-order valence-corrected chi connectivity index (χ4v) is 5.32. The van der Waals surface area contributed by atoms with E-state index < -0.39 is 0 Å². The number of carbonyl (C=O) groups is 1. The topological polar surface area (TPSA) is 95.6 Å². The summed E-state index contributed by atoms with van der Waals surface area (Å²) in [4.78, 5) is 29.4. The highest BCUT2D eigenvalue weighted by Crippen LogP contribution is 2.34. The second-order valence-corrected chi connectivity index (χ2v) is 9.29. The molecule has 5 rings (SSSR count). The molecule has 0 bridgehead atoms. The number of hydrogen-bond acceptors (Lipinski definition) is 6. The van der Waals surface area contributed by atoms with Gasteiger partial charge in [0.1, 0.15) is 16.5 Å².